The number of hydrogen-bond acceptors (Lipinski definition) is 0. The zero-order valence-corrected chi connectivity index (χ0v) is 27.9. The summed E-state index contributed by atoms with van der Waals surface area (Å²) in [6.45, 7) is 9.45. The first kappa shape index (κ1) is 37.4. The highest BCUT2D eigenvalue weighted by atomic mass is 31.1. The van der Waals surface area contributed by atoms with Crippen molar-refractivity contribution in [2.45, 2.75) is 214 Å². The summed E-state index contributed by atoms with van der Waals surface area (Å²) in [6.07, 6.45) is 45.8. The SMILES string of the molecule is CCCCCCCCCCCCCCPCCCCCCCCCC(CCCC)(CCCC)CCCC. The first-order valence-electron chi connectivity index (χ1n) is 17.9. The van der Waals surface area contributed by atoms with Gasteiger partial charge in [0.05, 0.1) is 0 Å². The molecular formula is C36H75P. The molecule has 0 aliphatic carbocycles. The van der Waals surface area contributed by atoms with Crippen LogP contribution in [-0.2, 0) is 0 Å². The summed E-state index contributed by atoms with van der Waals surface area (Å²) >= 11 is 0. The van der Waals surface area contributed by atoms with Gasteiger partial charge in [-0.2, -0.15) is 0 Å². The topological polar surface area (TPSA) is 0 Å². The van der Waals surface area contributed by atoms with E-state index in [1.807, 2.05) is 0 Å². The van der Waals surface area contributed by atoms with Gasteiger partial charge in [0.2, 0.25) is 0 Å². The second-order valence-electron chi connectivity index (χ2n) is 12.7. The van der Waals surface area contributed by atoms with E-state index in [1.54, 1.807) is 0 Å². The average Bonchev–Trinajstić information content (AvgIpc) is 2.92. The van der Waals surface area contributed by atoms with E-state index >= 15 is 0 Å². The van der Waals surface area contributed by atoms with Crippen LogP contribution >= 0.6 is 8.58 Å². The van der Waals surface area contributed by atoms with Gasteiger partial charge in [0.25, 0.3) is 0 Å². The second-order valence-corrected chi connectivity index (χ2v) is 14.2. The quantitative estimate of drug-likeness (QED) is 0.0590. The van der Waals surface area contributed by atoms with Crippen molar-refractivity contribution >= 4 is 8.58 Å². The van der Waals surface area contributed by atoms with Crippen LogP contribution in [0.4, 0.5) is 0 Å². The van der Waals surface area contributed by atoms with Gasteiger partial charge in [-0.25, -0.2) is 0 Å². The Morgan fingerprint density at radius 2 is 0.568 bits per heavy atom. The third kappa shape index (κ3) is 26.4. The van der Waals surface area contributed by atoms with Gasteiger partial charge in [-0.15, -0.1) is 8.58 Å². The standard InChI is InChI=1S/C36H75P/c1-5-9-13-14-15-16-17-18-19-22-25-28-34-37-35-29-26-23-20-21-24-27-33-36(30-10-6-2,31-11-7-3)32-12-8-4/h37H,5-35H2,1-4H3. The van der Waals surface area contributed by atoms with Crippen molar-refractivity contribution in [1.29, 1.82) is 0 Å². The number of hydrogen-bond donors (Lipinski definition) is 0. The molecule has 224 valence electrons. The van der Waals surface area contributed by atoms with Crippen molar-refractivity contribution < 1.29 is 0 Å². The molecule has 37 heavy (non-hydrogen) atoms. The molecule has 0 aromatic carbocycles. The molecule has 0 heterocycles. The van der Waals surface area contributed by atoms with Crippen LogP contribution in [0.3, 0.4) is 0 Å². The molecule has 1 heteroatoms. The zero-order valence-electron chi connectivity index (χ0n) is 26.9. The maximum atomic E-state index is 2.38. The van der Waals surface area contributed by atoms with Crippen molar-refractivity contribution in [2.75, 3.05) is 12.3 Å². The van der Waals surface area contributed by atoms with Crippen molar-refractivity contribution in [3.8, 4) is 0 Å². The normalized spacial score (nSPS) is 12.3. The Morgan fingerprint density at radius 1 is 0.297 bits per heavy atom. The molecule has 0 nitrogen and oxygen atoms in total. The smallest absolute Gasteiger partial charge is 0.0297 e. The van der Waals surface area contributed by atoms with Gasteiger partial charge in [-0.3, -0.25) is 0 Å². The lowest BCUT2D eigenvalue weighted by Gasteiger charge is -2.35. The average molecular weight is 539 g/mol. The molecule has 0 aromatic rings. The zero-order chi connectivity index (χ0) is 27.1. The molecule has 1 atom stereocenters. The monoisotopic (exact) mass is 539 g/mol. The van der Waals surface area contributed by atoms with Crippen molar-refractivity contribution in [3.05, 3.63) is 0 Å². The molecule has 0 rings (SSSR count). The molecule has 0 saturated heterocycles. The summed E-state index contributed by atoms with van der Waals surface area (Å²) < 4.78 is 0. The van der Waals surface area contributed by atoms with Crippen molar-refractivity contribution in [2.24, 2.45) is 5.41 Å². The molecule has 0 N–H and O–H groups in total. The predicted octanol–water partition coefficient (Wildman–Crippen LogP) is 14.0. The van der Waals surface area contributed by atoms with E-state index < -0.39 is 0 Å². The molecule has 0 spiro atoms. The van der Waals surface area contributed by atoms with Gasteiger partial charge in [-0.05, 0) is 56.3 Å². The Bertz CT molecular complexity index is 382. The summed E-state index contributed by atoms with van der Waals surface area (Å²) in [5.41, 5.74) is 0.691. The molecule has 0 aromatic heterocycles. The Hall–Kier alpha value is 0.430. The minimum Gasteiger partial charge on any atom is -0.122 e. The molecule has 0 radical (unpaired) electrons. The maximum absolute atomic E-state index is 2.38. The molecule has 1 unspecified atom stereocenters. The Labute approximate surface area is 239 Å². The third-order valence-corrected chi connectivity index (χ3v) is 10.4. The van der Waals surface area contributed by atoms with Crippen LogP contribution < -0.4 is 0 Å². The van der Waals surface area contributed by atoms with Crippen LogP contribution in [0, 0.1) is 5.41 Å². The fourth-order valence-corrected chi connectivity index (χ4v) is 7.51. The van der Waals surface area contributed by atoms with Crippen molar-refractivity contribution in [3.63, 3.8) is 0 Å². The van der Waals surface area contributed by atoms with Crippen LogP contribution in [0.25, 0.3) is 0 Å². The fourth-order valence-electron chi connectivity index (χ4n) is 6.26. The van der Waals surface area contributed by atoms with Gasteiger partial charge in [0.15, 0.2) is 0 Å². The molecule has 0 aliphatic heterocycles. The highest BCUT2D eigenvalue weighted by Crippen LogP contribution is 2.41. The summed E-state index contributed by atoms with van der Waals surface area (Å²) in [4.78, 5) is 0. The summed E-state index contributed by atoms with van der Waals surface area (Å²) in [6, 6.07) is 0. The van der Waals surface area contributed by atoms with Crippen molar-refractivity contribution in [1.82, 2.24) is 0 Å². The molecule has 0 fully saturated rings. The Morgan fingerprint density at radius 3 is 0.919 bits per heavy atom. The highest BCUT2D eigenvalue weighted by Gasteiger charge is 2.27. The second kappa shape index (κ2) is 31.0. The van der Waals surface area contributed by atoms with E-state index in [0.29, 0.717) is 5.41 Å². The summed E-state index contributed by atoms with van der Waals surface area (Å²) in [5.74, 6) is 0. The summed E-state index contributed by atoms with van der Waals surface area (Å²) in [5, 5.41) is 0. The third-order valence-electron chi connectivity index (χ3n) is 8.95. The van der Waals surface area contributed by atoms with Crippen LogP contribution in [-0.4, -0.2) is 12.3 Å². The molecular weight excluding hydrogens is 463 g/mol. The minimum atomic E-state index is 0.691. The lowest BCUT2D eigenvalue weighted by molar-refractivity contribution is 0.175. The fraction of sp³-hybridized carbons (Fsp3) is 1.00. The predicted molar refractivity (Wildman–Crippen MR) is 177 cm³/mol. The minimum absolute atomic E-state index is 0.691. The lowest BCUT2D eigenvalue weighted by atomic mass is 9.71. The first-order valence-corrected chi connectivity index (χ1v) is 19.4. The van der Waals surface area contributed by atoms with Crippen LogP contribution in [0.2, 0.25) is 0 Å². The van der Waals surface area contributed by atoms with E-state index in [4.69, 9.17) is 0 Å². The molecule has 0 saturated carbocycles. The van der Waals surface area contributed by atoms with Crippen LogP contribution in [0.5, 0.6) is 0 Å². The Balaban J connectivity index is 3.52. The molecule has 0 bridgehead atoms. The molecule has 0 amide bonds. The van der Waals surface area contributed by atoms with Gasteiger partial charge >= 0.3 is 0 Å². The highest BCUT2D eigenvalue weighted by molar-refractivity contribution is 7.37. The van der Waals surface area contributed by atoms with E-state index in [0.717, 1.165) is 0 Å². The van der Waals surface area contributed by atoms with E-state index in [1.165, 1.54) is 207 Å². The van der Waals surface area contributed by atoms with Crippen LogP contribution in [0.15, 0.2) is 0 Å². The largest absolute Gasteiger partial charge is 0.122 e. The molecule has 0 aliphatic rings. The maximum Gasteiger partial charge on any atom is -0.0297 e. The van der Waals surface area contributed by atoms with Gasteiger partial charge in [0.1, 0.15) is 0 Å². The summed E-state index contributed by atoms with van der Waals surface area (Å²) in [7, 11) is 1.25. The van der Waals surface area contributed by atoms with E-state index in [-0.39, 0.29) is 0 Å². The van der Waals surface area contributed by atoms with E-state index in [2.05, 4.69) is 27.7 Å². The first-order chi connectivity index (χ1) is 18.2. The number of rotatable bonds is 32. The Kier molecular flexibility index (Phi) is 31.3. The van der Waals surface area contributed by atoms with Gasteiger partial charge in [-0.1, -0.05) is 175 Å². The van der Waals surface area contributed by atoms with Gasteiger partial charge in [0, 0.05) is 0 Å². The van der Waals surface area contributed by atoms with E-state index in [9.17, 15) is 0 Å². The lowest BCUT2D eigenvalue weighted by Crippen LogP contribution is -2.21. The number of unbranched alkanes of at least 4 members (excludes halogenated alkanes) is 20. The van der Waals surface area contributed by atoms with Crippen LogP contribution in [0.1, 0.15) is 214 Å². The van der Waals surface area contributed by atoms with Gasteiger partial charge < -0.3 is 0 Å².